The van der Waals surface area contributed by atoms with Gasteiger partial charge in [0, 0.05) is 23.6 Å². The third-order valence-electron chi connectivity index (χ3n) is 3.79. The quantitative estimate of drug-likeness (QED) is 0.814. The first-order chi connectivity index (χ1) is 10.3. The van der Waals surface area contributed by atoms with Gasteiger partial charge in [0.25, 0.3) is 0 Å². The molecule has 21 heavy (non-hydrogen) atoms. The molecule has 1 aliphatic carbocycles. The number of ether oxygens (including phenoxy) is 1. The molecule has 0 bridgehead atoms. The number of thiazole rings is 1. The second-order valence-electron chi connectivity index (χ2n) is 5.45. The van der Waals surface area contributed by atoms with Gasteiger partial charge in [0.05, 0.1) is 17.5 Å². The Hall–Kier alpha value is -1.68. The van der Waals surface area contributed by atoms with Gasteiger partial charge in [-0.3, -0.25) is 4.79 Å². The summed E-state index contributed by atoms with van der Waals surface area (Å²) < 4.78 is 6.08. The lowest BCUT2D eigenvalue weighted by Crippen LogP contribution is -2.14. The average Bonchev–Trinajstić information content (AvgIpc) is 3.14. The fourth-order valence-electron chi connectivity index (χ4n) is 2.73. The molecule has 1 aromatic carbocycles. The van der Waals surface area contributed by atoms with Crippen LogP contribution in [0.1, 0.15) is 36.3 Å². The van der Waals surface area contributed by atoms with Crippen molar-refractivity contribution in [3.8, 4) is 5.75 Å². The third-order valence-corrected chi connectivity index (χ3v) is 4.57. The smallest absolute Gasteiger partial charge is 0.144 e. The molecule has 4 heteroatoms. The standard InChI is InChI=1S/C17H19NO2S/c19-14(12-17-18-9-10-21-17)11-13-5-1-4-8-16(13)20-15-6-2-3-7-15/h1,4-5,8-10,15H,2-3,6-7,11-12H2. The van der Waals surface area contributed by atoms with E-state index in [1.807, 2.05) is 29.6 Å². The molecule has 0 N–H and O–H groups in total. The minimum absolute atomic E-state index is 0.187. The van der Waals surface area contributed by atoms with Gasteiger partial charge in [-0.15, -0.1) is 11.3 Å². The van der Waals surface area contributed by atoms with Crippen molar-refractivity contribution in [2.24, 2.45) is 0 Å². The van der Waals surface area contributed by atoms with Crippen molar-refractivity contribution in [1.29, 1.82) is 0 Å². The first-order valence-electron chi connectivity index (χ1n) is 7.46. The van der Waals surface area contributed by atoms with Gasteiger partial charge in [0.1, 0.15) is 11.5 Å². The van der Waals surface area contributed by atoms with E-state index in [4.69, 9.17) is 4.74 Å². The lowest BCUT2D eigenvalue weighted by Gasteiger charge is -2.16. The number of carbonyl (C=O) groups excluding carboxylic acids is 1. The largest absolute Gasteiger partial charge is 0.490 e. The van der Waals surface area contributed by atoms with Crippen LogP contribution in [0.2, 0.25) is 0 Å². The minimum atomic E-state index is 0.187. The lowest BCUT2D eigenvalue weighted by molar-refractivity contribution is -0.117. The Kier molecular flexibility index (Phi) is 4.65. The van der Waals surface area contributed by atoms with Gasteiger partial charge in [-0.2, -0.15) is 0 Å². The summed E-state index contributed by atoms with van der Waals surface area (Å²) in [7, 11) is 0. The number of carbonyl (C=O) groups is 1. The number of Topliss-reactive ketones (excluding diaryl/α,β-unsaturated/α-hetero) is 1. The normalized spacial score (nSPS) is 15.2. The Morgan fingerprint density at radius 2 is 2.05 bits per heavy atom. The van der Waals surface area contributed by atoms with Crippen molar-refractivity contribution in [3.63, 3.8) is 0 Å². The molecule has 2 aromatic rings. The first kappa shape index (κ1) is 14.3. The van der Waals surface area contributed by atoms with E-state index < -0.39 is 0 Å². The maximum absolute atomic E-state index is 12.2. The first-order valence-corrected chi connectivity index (χ1v) is 8.34. The van der Waals surface area contributed by atoms with Crippen LogP contribution in [0.4, 0.5) is 0 Å². The van der Waals surface area contributed by atoms with Crippen LogP contribution in [0.5, 0.6) is 5.75 Å². The van der Waals surface area contributed by atoms with Gasteiger partial charge in [-0.25, -0.2) is 4.98 Å². The fraction of sp³-hybridized carbons (Fsp3) is 0.412. The molecule has 0 spiro atoms. The second kappa shape index (κ2) is 6.85. The maximum Gasteiger partial charge on any atom is 0.144 e. The van der Waals surface area contributed by atoms with Crippen LogP contribution < -0.4 is 4.74 Å². The summed E-state index contributed by atoms with van der Waals surface area (Å²) in [6.07, 6.45) is 7.64. The SMILES string of the molecule is O=C(Cc1nccs1)Cc1ccccc1OC1CCCC1. The summed E-state index contributed by atoms with van der Waals surface area (Å²) in [5.41, 5.74) is 0.992. The van der Waals surface area contributed by atoms with Crippen LogP contribution >= 0.6 is 11.3 Å². The number of hydrogen-bond donors (Lipinski definition) is 0. The zero-order chi connectivity index (χ0) is 14.5. The van der Waals surface area contributed by atoms with E-state index in [2.05, 4.69) is 4.98 Å². The Bertz CT molecular complexity index is 589. The highest BCUT2D eigenvalue weighted by atomic mass is 32.1. The molecule has 1 heterocycles. The summed E-state index contributed by atoms with van der Waals surface area (Å²) in [4.78, 5) is 16.4. The van der Waals surface area contributed by atoms with Gasteiger partial charge < -0.3 is 4.74 Å². The van der Waals surface area contributed by atoms with E-state index in [9.17, 15) is 4.79 Å². The Labute approximate surface area is 129 Å². The number of nitrogens with zero attached hydrogens (tertiary/aromatic N) is 1. The Balaban J connectivity index is 1.65. The second-order valence-corrected chi connectivity index (χ2v) is 6.43. The zero-order valence-corrected chi connectivity index (χ0v) is 12.8. The van der Waals surface area contributed by atoms with E-state index in [0.717, 1.165) is 29.2 Å². The third kappa shape index (κ3) is 3.91. The highest BCUT2D eigenvalue weighted by Gasteiger charge is 2.18. The molecule has 3 rings (SSSR count). The van der Waals surface area contributed by atoms with E-state index in [0.29, 0.717) is 18.9 Å². The molecular weight excluding hydrogens is 282 g/mol. The van der Waals surface area contributed by atoms with Crippen LogP contribution in [0.25, 0.3) is 0 Å². The molecule has 0 atom stereocenters. The van der Waals surface area contributed by atoms with Crippen LogP contribution in [-0.4, -0.2) is 16.9 Å². The number of aromatic nitrogens is 1. The number of rotatable bonds is 6. The van der Waals surface area contributed by atoms with E-state index in [1.54, 1.807) is 6.20 Å². The van der Waals surface area contributed by atoms with Gasteiger partial charge in [0.15, 0.2) is 0 Å². The Morgan fingerprint density at radius 1 is 1.24 bits per heavy atom. The van der Waals surface area contributed by atoms with Crippen molar-refractivity contribution in [1.82, 2.24) is 4.98 Å². The lowest BCUT2D eigenvalue weighted by atomic mass is 10.1. The minimum Gasteiger partial charge on any atom is -0.490 e. The van der Waals surface area contributed by atoms with E-state index in [-0.39, 0.29) is 5.78 Å². The monoisotopic (exact) mass is 301 g/mol. The van der Waals surface area contributed by atoms with Crippen LogP contribution in [0.15, 0.2) is 35.8 Å². The molecule has 1 aromatic heterocycles. The van der Waals surface area contributed by atoms with Crippen LogP contribution in [-0.2, 0) is 17.6 Å². The molecule has 0 saturated heterocycles. The Morgan fingerprint density at radius 3 is 2.81 bits per heavy atom. The van der Waals surface area contributed by atoms with Gasteiger partial charge in [0.2, 0.25) is 0 Å². The molecule has 0 aliphatic heterocycles. The van der Waals surface area contributed by atoms with Gasteiger partial charge >= 0.3 is 0 Å². The molecule has 0 amide bonds. The predicted octanol–water partition coefficient (Wildman–Crippen LogP) is 3.82. The average molecular weight is 301 g/mol. The van der Waals surface area contributed by atoms with Crippen molar-refractivity contribution >= 4 is 17.1 Å². The van der Waals surface area contributed by atoms with E-state index in [1.165, 1.54) is 24.2 Å². The predicted molar refractivity (Wildman–Crippen MR) is 83.9 cm³/mol. The molecule has 110 valence electrons. The maximum atomic E-state index is 12.2. The van der Waals surface area contributed by atoms with Crippen molar-refractivity contribution < 1.29 is 9.53 Å². The molecular formula is C17H19NO2S. The molecule has 1 saturated carbocycles. The summed E-state index contributed by atoms with van der Waals surface area (Å²) in [6, 6.07) is 7.90. The summed E-state index contributed by atoms with van der Waals surface area (Å²) >= 11 is 1.53. The van der Waals surface area contributed by atoms with Crippen LogP contribution in [0, 0.1) is 0 Å². The van der Waals surface area contributed by atoms with Crippen LogP contribution in [0.3, 0.4) is 0 Å². The molecule has 1 aliphatic rings. The number of para-hydroxylation sites is 1. The van der Waals surface area contributed by atoms with E-state index >= 15 is 0 Å². The highest BCUT2D eigenvalue weighted by molar-refractivity contribution is 7.09. The topological polar surface area (TPSA) is 39.2 Å². The summed E-state index contributed by atoms with van der Waals surface area (Å²) in [5, 5.41) is 2.79. The summed E-state index contributed by atoms with van der Waals surface area (Å²) in [6.45, 7) is 0. The van der Waals surface area contributed by atoms with Crippen molar-refractivity contribution in [3.05, 3.63) is 46.4 Å². The number of ketones is 1. The highest BCUT2D eigenvalue weighted by Crippen LogP contribution is 2.27. The zero-order valence-electron chi connectivity index (χ0n) is 12.0. The molecule has 0 unspecified atom stereocenters. The molecule has 1 fully saturated rings. The number of benzene rings is 1. The van der Waals surface area contributed by atoms with Gasteiger partial charge in [-0.05, 0) is 31.7 Å². The summed E-state index contributed by atoms with van der Waals surface area (Å²) in [5.74, 6) is 1.06. The molecule has 0 radical (unpaired) electrons. The van der Waals surface area contributed by atoms with Gasteiger partial charge in [-0.1, -0.05) is 18.2 Å². The molecule has 3 nitrogen and oxygen atoms in total. The van der Waals surface area contributed by atoms with Crippen molar-refractivity contribution in [2.75, 3.05) is 0 Å². The fourth-order valence-corrected chi connectivity index (χ4v) is 3.38. The number of hydrogen-bond acceptors (Lipinski definition) is 4. The van der Waals surface area contributed by atoms with Crippen molar-refractivity contribution in [2.45, 2.75) is 44.6 Å².